The lowest BCUT2D eigenvalue weighted by atomic mass is 10.2. The lowest BCUT2D eigenvalue weighted by Crippen LogP contribution is -2.46. The monoisotopic (exact) mass is 317 g/mol. The Balaban J connectivity index is 1.86. The largest absolute Gasteiger partial charge is 0.480 e. The predicted molar refractivity (Wildman–Crippen MR) is 81.1 cm³/mol. The Labute approximate surface area is 129 Å². The van der Waals surface area contributed by atoms with Crippen molar-refractivity contribution in [2.24, 2.45) is 5.92 Å². The number of fused-ring (bicyclic) bond motifs is 1. The van der Waals surface area contributed by atoms with Gasteiger partial charge in [-0.05, 0) is 30.9 Å². The number of para-hydroxylation sites is 1. The van der Waals surface area contributed by atoms with E-state index in [-0.39, 0.29) is 11.3 Å². The van der Waals surface area contributed by atoms with Gasteiger partial charge in [-0.2, -0.15) is 0 Å². The van der Waals surface area contributed by atoms with Crippen LogP contribution < -0.4 is 16.6 Å². The number of carbonyl (C=O) groups excluding carboxylic acids is 1. The third-order valence-electron chi connectivity index (χ3n) is 3.87. The zero-order valence-corrected chi connectivity index (χ0v) is 12.1. The van der Waals surface area contributed by atoms with E-state index in [1.807, 2.05) is 0 Å². The van der Waals surface area contributed by atoms with Gasteiger partial charge >= 0.3 is 11.7 Å². The number of rotatable bonds is 5. The van der Waals surface area contributed by atoms with Gasteiger partial charge in [-0.15, -0.1) is 0 Å². The van der Waals surface area contributed by atoms with Gasteiger partial charge in [0.2, 0.25) is 5.91 Å². The topological polar surface area (TPSA) is 121 Å². The molecular weight excluding hydrogens is 302 g/mol. The maximum Gasteiger partial charge on any atom is 0.329 e. The van der Waals surface area contributed by atoms with Gasteiger partial charge in [-0.1, -0.05) is 12.1 Å². The molecule has 0 bridgehead atoms. The SMILES string of the molecule is O=C(Cn1c(=O)[nH]c2ccccc2c1=O)NC(C(=O)O)C1CC1. The Hall–Kier alpha value is -2.90. The number of nitrogens with zero attached hydrogens (tertiary/aromatic N) is 1. The molecule has 1 fully saturated rings. The van der Waals surface area contributed by atoms with E-state index in [4.69, 9.17) is 5.11 Å². The molecule has 1 saturated carbocycles. The van der Waals surface area contributed by atoms with Crippen molar-refractivity contribution in [3.05, 3.63) is 45.1 Å². The summed E-state index contributed by atoms with van der Waals surface area (Å²) in [7, 11) is 0. The van der Waals surface area contributed by atoms with E-state index in [2.05, 4.69) is 10.3 Å². The predicted octanol–water partition coefficient (Wildman–Crippen LogP) is -0.331. The normalized spacial score (nSPS) is 15.3. The first kappa shape index (κ1) is 15.0. The molecule has 1 aliphatic carbocycles. The molecule has 0 radical (unpaired) electrons. The molecule has 1 amide bonds. The number of aliphatic carboxylic acids is 1. The minimum absolute atomic E-state index is 0.0805. The highest BCUT2D eigenvalue weighted by Gasteiger charge is 2.37. The van der Waals surface area contributed by atoms with Crippen LogP contribution in [0.15, 0.2) is 33.9 Å². The number of benzene rings is 1. The number of hydrogen-bond acceptors (Lipinski definition) is 4. The molecule has 8 heteroatoms. The number of aromatic amines is 1. The number of carboxylic acid groups (broad SMARTS) is 1. The zero-order chi connectivity index (χ0) is 16.6. The fourth-order valence-electron chi connectivity index (χ4n) is 2.52. The molecule has 1 aliphatic rings. The first-order chi connectivity index (χ1) is 11.0. The molecule has 1 aromatic heterocycles. The van der Waals surface area contributed by atoms with Crippen LogP contribution in [0.1, 0.15) is 12.8 Å². The van der Waals surface area contributed by atoms with Crippen LogP contribution in [0.25, 0.3) is 10.9 Å². The van der Waals surface area contributed by atoms with Crippen molar-refractivity contribution in [3.8, 4) is 0 Å². The minimum atomic E-state index is -1.11. The van der Waals surface area contributed by atoms with Crippen molar-refractivity contribution in [2.75, 3.05) is 0 Å². The van der Waals surface area contributed by atoms with E-state index < -0.39 is 35.7 Å². The van der Waals surface area contributed by atoms with Gasteiger partial charge < -0.3 is 15.4 Å². The molecule has 0 saturated heterocycles. The summed E-state index contributed by atoms with van der Waals surface area (Å²) in [5.74, 6) is -1.86. The van der Waals surface area contributed by atoms with E-state index >= 15 is 0 Å². The molecule has 1 heterocycles. The minimum Gasteiger partial charge on any atom is -0.480 e. The molecule has 3 rings (SSSR count). The number of carboxylic acids is 1. The van der Waals surface area contributed by atoms with Crippen molar-refractivity contribution >= 4 is 22.8 Å². The Kier molecular flexibility index (Phi) is 3.73. The smallest absolute Gasteiger partial charge is 0.329 e. The maximum atomic E-state index is 12.3. The number of amides is 1. The summed E-state index contributed by atoms with van der Waals surface area (Å²) in [6, 6.07) is 5.50. The lowest BCUT2D eigenvalue weighted by molar-refractivity contribution is -0.142. The average Bonchev–Trinajstić information content (AvgIpc) is 3.33. The molecule has 3 N–H and O–H groups in total. The van der Waals surface area contributed by atoms with Gasteiger partial charge in [-0.25, -0.2) is 9.59 Å². The van der Waals surface area contributed by atoms with Gasteiger partial charge in [0, 0.05) is 0 Å². The average molecular weight is 317 g/mol. The molecule has 1 atom stereocenters. The van der Waals surface area contributed by atoms with Crippen LogP contribution in [-0.4, -0.2) is 32.6 Å². The van der Waals surface area contributed by atoms with Crippen LogP contribution in [0.3, 0.4) is 0 Å². The van der Waals surface area contributed by atoms with Crippen LogP contribution in [0.5, 0.6) is 0 Å². The van der Waals surface area contributed by atoms with E-state index in [0.717, 1.165) is 17.4 Å². The molecular formula is C15H15N3O5. The second-order valence-electron chi connectivity index (χ2n) is 5.59. The van der Waals surface area contributed by atoms with Crippen LogP contribution in [0.2, 0.25) is 0 Å². The van der Waals surface area contributed by atoms with Crippen molar-refractivity contribution < 1.29 is 14.7 Å². The highest BCUT2D eigenvalue weighted by atomic mass is 16.4. The summed E-state index contributed by atoms with van der Waals surface area (Å²) in [4.78, 5) is 49.9. The summed E-state index contributed by atoms with van der Waals surface area (Å²) in [6.45, 7) is -0.518. The summed E-state index contributed by atoms with van der Waals surface area (Å²) < 4.78 is 0.767. The number of H-pyrrole nitrogens is 1. The van der Waals surface area contributed by atoms with Crippen molar-refractivity contribution in [2.45, 2.75) is 25.4 Å². The zero-order valence-electron chi connectivity index (χ0n) is 12.1. The molecule has 23 heavy (non-hydrogen) atoms. The first-order valence-corrected chi connectivity index (χ1v) is 7.21. The van der Waals surface area contributed by atoms with Crippen molar-refractivity contribution in [1.29, 1.82) is 0 Å². The second-order valence-corrected chi connectivity index (χ2v) is 5.59. The summed E-state index contributed by atoms with van der Waals surface area (Å²) in [5, 5.41) is 11.8. The van der Waals surface area contributed by atoms with Gasteiger partial charge in [0.1, 0.15) is 12.6 Å². The first-order valence-electron chi connectivity index (χ1n) is 7.21. The van der Waals surface area contributed by atoms with Crippen LogP contribution >= 0.6 is 0 Å². The van der Waals surface area contributed by atoms with Crippen LogP contribution in [0, 0.1) is 5.92 Å². The maximum absolute atomic E-state index is 12.3. The molecule has 2 aromatic rings. The van der Waals surface area contributed by atoms with Gasteiger partial charge in [0.05, 0.1) is 10.9 Å². The third-order valence-corrected chi connectivity index (χ3v) is 3.87. The van der Waals surface area contributed by atoms with E-state index in [9.17, 15) is 19.2 Å². The van der Waals surface area contributed by atoms with E-state index in [0.29, 0.717) is 5.52 Å². The van der Waals surface area contributed by atoms with Crippen LogP contribution in [-0.2, 0) is 16.1 Å². The highest BCUT2D eigenvalue weighted by molar-refractivity contribution is 5.84. The Bertz CT molecular complexity index is 894. The molecule has 0 aliphatic heterocycles. The summed E-state index contributed by atoms with van der Waals surface area (Å²) in [6.07, 6.45) is 1.49. The Morgan fingerprint density at radius 2 is 2.00 bits per heavy atom. The molecule has 1 aromatic carbocycles. The molecule has 1 unspecified atom stereocenters. The molecule has 8 nitrogen and oxygen atoms in total. The Morgan fingerprint density at radius 1 is 1.30 bits per heavy atom. The van der Waals surface area contributed by atoms with Gasteiger partial charge in [0.25, 0.3) is 5.56 Å². The fraction of sp³-hybridized carbons (Fsp3) is 0.333. The standard InChI is InChI=1S/C15H15N3O5/c19-11(17-12(14(21)22)8-5-6-8)7-18-13(20)9-3-1-2-4-10(9)16-15(18)23/h1-4,8,12H,5-7H2,(H,16,23)(H,17,19)(H,21,22). The van der Waals surface area contributed by atoms with Gasteiger partial charge in [0.15, 0.2) is 0 Å². The fourth-order valence-corrected chi connectivity index (χ4v) is 2.52. The highest BCUT2D eigenvalue weighted by Crippen LogP contribution is 2.32. The van der Waals surface area contributed by atoms with E-state index in [1.165, 1.54) is 0 Å². The van der Waals surface area contributed by atoms with Gasteiger partial charge in [-0.3, -0.25) is 14.2 Å². The second kappa shape index (κ2) is 5.71. The number of carbonyl (C=O) groups is 2. The quantitative estimate of drug-likeness (QED) is 0.697. The number of nitrogens with one attached hydrogen (secondary N) is 2. The van der Waals surface area contributed by atoms with Crippen molar-refractivity contribution in [3.63, 3.8) is 0 Å². The summed E-state index contributed by atoms with van der Waals surface area (Å²) >= 11 is 0. The lowest BCUT2D eigenvalue weighted by Gasteiger charge is -2.14. The number of aromatic nitrogens is 2. The molecule has 120 valence electrons. The third kappa shape index (κ3) is 3.01. The summed E-state index contributed by atoms with van der Waals surface area (Å²) in [5.41, 5.74) is -0.902. The molecule has 0 spiro atoms. The number of hydrogen-bond donors (Lipinski definition) is 3. The van der Waals surface area contributed by atoms with Crippen molar-refractivity contribution in [1.82, 2.24) is 14.9 Å². The Morgan fingerprint density at radius 3 is 2.65 bits per heavy atom. The van der Waals surface area contributed by atoms with E-state index in [1.54, 1.807) is 24.3 Å². The van der Waals surface area contributed by atoms with Crippen LogP contribution in [0.4, 0.5) is 0 Å².